The largest absolute Gasteiger partial charge is 0.467 e. The predicted molar refractivity (Wildman–Crippen MR) is 77.7 cm³/mol. The first-order valence-electron chi connectivity index (χ1n) is 6.20. The minimum Gasteiger partial charge on any atom is -0.467 e. The number of carbonyl (C=O) groups is 1. The zero-order valence-corrected chi connectivity index (χ0v) is 12.6. The Bertz CT molecular complexity index is 601. The molecule has 0 aromatic heterocycles. The van der Waals surface area contributed by atoms with Crippen LogP contribution in [0.2, 0.25) is 5.02 Å². The van der Waals surface area contributed by atoms with Crippen molar-refractivity contribution in [2.45, 2.75) is 18.4 Å². The summed E-state index contributed by atoms with van der Waals surface area (Å²) in [6, 6.07) is 7.02. The van der Waals surface area contributed by atoms with Crippen molar-refractivity contribution >= 4 is 33.1 Å². The summed E-state index contributed by atoms with van der Waals surface area (Å²) in [6.07, 6.45) is 0.348. The van der Waals surface area contributed by atoms with Gasteiger partial charge in [0.05, 0.1) is 29.3 Å². The quantitative estimate of drug-likeness (QED) is 0.862. The van der Waals surface area contributed by atoms with Crippen LogP contribution < -0.4 is 5.32 Å². The average molecular weight is 318 g/mol. The number of anilines is 1. The maximum absolute atomic E-state index is 12.1. The second-order valence-corrected chi connectivity index (χ2v) is 7.54. The van der Waals surface area contributed by atoms with E-state index in [2.05, 4.69) is 5.32 Å². The molecule has 0 amide bonds. The summed E-state index contributed by atoms with van der Waals surface area (Å²) < 4.78 is 28.0. The Morgan fingerprint density at radius 2 is 1.90 bits per heavy atom. The summed E-state index contributed by atoms with van der Waals surface area (Å²) in [5.74, 6) is -0.550. The van der Waals surface area contributed by atoms with E-state index in [1.54, 1.807) is 24.3 Å². The molecule has 0 aliphatic carbocycles. The van der Waals surface area contributed by atoms with Crippen LogP contribution in [0.4, 0.5) is 5.69 Å². The van der Waals surface area contributed by atoms with E-state index in [0.29, 0.717) is 10.7 Å². The maximum Gasteiger partial charge on any atom is 0.331 e. The van der Waals surface area contributed by atoms with Gasteiger partial charge in [-0.25, -0.2) is 13.2 Å². The Balaban J connectivity index is 2.30. The van der Waals surface area contributed by atoms with E-state index >= 15 is 0 Å². The molecule has 1 aromatic rings. The van der Waals surface area contributed by atoms with Crippen molar-refractivity contribution in [3.63, 3.8) is 0 Å². The molecule has 1 aromatic carbocycles. The van der Waals surface area contributed by atoms with Crippen LogP contribution in [0.25, 0.3) is 0 Å². The normalized spacial score (nSPS) is 20.1. The van der Waals surface area contributed by atoms with Crippen LogP contribution in [-0.2, 0) is 19.4 Å². The van der Waals surface area contributed by atoms with Gasteiger partial charge in [0, 0.05) is 0 Å². The van der Waals surface area contributed by atoms with Crippen LogP contribution in [0.15, 0.2) is 24.3 Å². The van der Waals surface area contributed by atoms with E-state index in [1.807, 2.05) is 0 Å². The lowest BCUT2D eigenvalue weighted by molar-refractivity contribution is -0.146. The number of hydrogen-bond donors (Lipinski definition) is 1. The fraction of sp³-hybridized carbons (Fsp3) is 0.462. The molecule has 1 N–H and O–H groups in total. The number of carbonyl (C=O) groups excluding carboxylic acids is 1. The van der Waals surface area contributed by atoms with Gasteiger partial charge in [0.25, 0.3) is 0 Å². The topological polar surface area (TPSA) is 72.5 Å². The number of para-hydroxylation sites is 1. The standard InChI is InChI=1S/C13H16ClNO4S/c1-19-12(16)13(6-8-20(17,18)9-7-13)15-11-5-3-2-4-10(11)14/h2-5,15H,6-9H2,1H3. The third kappa shape index (κ3) is 3.07. The van der Waals surface area contributed by atoms with Gasteiger partial charge < -0.3 is 10.1 Å². The number of esters is 1. The number of hydrogen-bond acceptors (Lipinski definition) is 5. The predicted octanol–water partition coefficient (Wildman–Crippen LogP) is 1.87. The first-order chi connectivity index (χ1) is 9.38. The molecule has 0 spiro atoms. The van der Waals surface area contributed by atoms with Crippen LogP contribution in [-0.4, -0.2) is 38.5 Å². The molecule has 0 bridgehead atoms. The van der Waals surface area contributed by atoms with Gasteiger partial charge in [-0.3, -0.25) is 0 Å². The molecule has 0 saturated carbocycles. The highest BCUT2D eigenvalue weighted by Gasteiger charge is 2.44. The lowest BCUT2D eigenvalue weighted by atomic mass is 9.91. The number of halogens is 1. The van der Waals surface area contributed by atoms with Crippen molar-refractivity contribution in [3.05, 3.63) is 29.3 Å². The monoisotopic (exact) mass is 317 g/mol. The SMILES string of the molecule is COC(=O)C1(Nc2ccccc2Cl)CCS(=O)(=O)CC1. The van der Waals surface area contributed by atoms with Crippen molar-refractivity contribution in [3.8, 4) is 0 Å². The summed E-state index contributed by atoms with van der Waals surface area (Å²) in [7, 11) is -1.79. The number of benzene rings is 1. The van der Waals surface area contributed by atoms with E-state index in [-0.39, 0.29) is 24.3 Å². The molecule has 5 nitrogen and oxygen atoms in total. The van der Waals surface area contributed by atoms with Crippen molar-refractivity contribution in [1.29, 1.82) is 0 Å². The zero-order valence-electron chi connectivity index (χ0n) is 11.1. The van der Waals surface area contributed by atoms with Gasteiger partial charge in [-0.2, -0.15) is 0 Å². The van der Waals surface area contributed by atoms with Gasteiger partial charge in [0.1, 0.15) is 5.54 Å². The third-order valence-electron chi connectivity index (χ3n) is 3.50. The first kappa shape index (κ1) is 15.1. The van der Waals surface area contributed by atoms with E-state index < -0.39 is 21.3 Å². The Kier molecular flexibility index (Phi) is 4.25. The van der Waals surface area contributed by atoms with Crippen molar-refractivity contribution in [1.82, 2.24) is 0 Å². The second kappa shape index (κ2) is 5.61. The van der Waals surface area contributed by atoms with Crippen LogP contribution in [0.1, 0.15) is 12.8 Å². The number of methoxy groups -OCH3 is 1. The lowest BCUT2D eigenvalue weighted by Gasteiger charge is -2.36. The molecule has 7 heteroatoms. The van der Waals surface area contributed by atoms with Gasteiger partial charge in [-0.1, -0.05) is 23.7 Å². The molecule has 0 radical (unpaired) electrons. The van der Waals surface area contributed by atoms with Gasteiger partial charge in [0.2, 0.25) is 0 Å². The molecular formula is C13H16ClNO4S. The molecule has 0 atom stereocenters. The van der Waals surface area contributed by atoms with Crippen LogP contribution >= 0.6 is 11.6 Å². The summed E-state index contributed by atoms with van der Waals surface area (Å²) >= 11 is 6.08. The van der Waals surface area contributed by atoms with Crippen LogP contribution in [0.5, 0.6) is 0 Å². The molecular weight excluding hydrogens is 302 g/mol. The van der Waals surface area contributed by atoms with Crippen molar-refractivity contribution in [2.24, 2.45) is 0 Å². The number of sulfone groups is 1. The smallest absolute Gasteiger partial charge is 0.331 e. The van der Waals surface area contributed by atoms with Crippen LogP contribution in [0.3, 0.4) is 0 Å². The van der Waals surface area contributed by atoms with Crippen molar-refractivity contribution in [2.75, 3.05) is 23.9 Å². The van der Waals surface area contributed by atoms with Gasteiger partial charge in [0.15, 0.2) is 9.84 Å². The summed E-state index contributed by atoms with van der Waals surface area (Å²) in [5, 5.41) is 3.56. The first-order valence-corrected chi connectivity index (χ1v) is 8.40. The lowest BCUT2D eigenvalue weighted by Crippen LogP contribution is -2.52. The summed E-state index contributed by atoms with van der Waals surface area (Å²) in [4.78, 5) is 12.1. The fourth-order valence-electron chi connectivity index (χ4n) is 2.28. The van der Waals surface area contributed by atoms with Crippen LogP contribution in [0, 0.1) is 0 Å². The van der Waals surface area contributed by atoms with Gasteiger partial charge >= 0.3 is 5.97 Å². The maximum atomic E-state index is 12.1. The van der Waals surface area contributed by atoms with E-state index in [1.165, 1.54) is 7.11 Å². The molecule has 0 unspecified atom stereocenters. The second-order valence-electron chi connectivity index (χ2n) is 4.83. The van der Waals surface area contributed by atoms with Gasteiger partial charge in [-0.15, -0.1) is 0 Å². The number of rotatable bonds is 3. The van der Waals surface area contributed by atoms with E-state index in [0.717, 1.165) is 0 Å². The highest BCUT2D eigenvalue weighted by atomic mass is 35.5. The molecule has 1 aliphatic rings. The minimum absolute atomic E-state index is 0.0421. The minimum atomic E-state index is -3.08. The number of nitrogens with one attached hydrogen (secondary N) is 1. The summed E-state index contributed by atoms with van der Waals surface area (Å²) in [5.41, 5.74) is -0.440. The molecule has 1 heterocycles. The highest BCUT2D eigenvalue weighted by molar-refractivity contribution is 7.91. The Labute approximate surface area is 123 Å². The Hall–Kier alpha value is -1.27. The third-order valence-corrected chi connectivity index (χ3v) is 5.49. The van der Waals surface area contributed by atoms with Gasteiger partial charge in [-0.05, 0) is 25.0 Å². The van der Waals surface area contributed by atoms with E-state index in [4.69, 9.17) is 16.3 Å². The molecule has 1 aliphatic heterocycles. The summed E-state index contributed by atoms with van der Waals surface area (Å²) in [6.45, 7) is 0. The Morgan fingerprint density at radius 3 is 2.45 bits per heavy atom. The molecule has 1 fully saturated rings. The fourth-order valence-corrected chi connectivity index (χ4v) is 3.99. The number of ether oxygens (including phenoxy) is 1. The van der Waals surface area contributed by atoms with E-state index in [9.17, 15) is 13.2 Å². The highest BCUT2D eigenvalue weighted by Crippen LogP contribution is 2.32. The average Bonchev–Trinajstić information content (AvgIpc) is 2.43. The molecule has 20 heavy (non-hydrogen) atoms. The van der Waals surface area contributed by atoms with Crippen molar-refractivity contribution < 1.29 is 17.9 Å². The zero-order chi connectivity index (χ0) is 14.8. The Morgan fingerprint density at radius 1 is 1.30 bits per heavy atom. The molecule has 2 rings (SSSR count). The molecule has 1 saturated heterocycles. The molecule has 110 valence electrons.